The third kappa shape index (κ3) is 8.89. The van der Waals surface area contributed by atoms with E-state index in [-0.39, 0.29) is 30.1 Å². The molecule has 0 aliphatic heterocycles. The Labute approximate surface area is 124 Å². The molecule has 0 saturated heterocycles. The summed E-state index contributed by atoms with van der Waals surface area (Å²) in [6.45, 7) is 8.15. The monoisotopic (exact) mass is 310 g/mol. The Morgan fingerprint density at radius 1 is 1.05 bits per heavy atom. The Kier molecular flexibility index (Phi) is 8.85. The minimum Gasteiger partial charge on any atom is -0.464 e. The van der Waals surface area contributed by atoms with Crippen LogP contribution in [-0.2, 0) is 19.1 Å². The average Bonchev–Trinajstić information content (AvgIpc) is 2.32. The molecule has 4 nitrogen and oxygen atoms in total. The molecule has 19 heavy (non-hydrogen) atoms. The first-order chi connectivity index (χ1) is 8.73. The molecule has 1 atom stereocenters. The summed E-state index contributed by atoms with van der Waals surface area (Å²) < 4.78 is 9.81. The van der Waals surface area contributed by atoms with Gasteiger partial charge in [-0.05, 0) is 11.8 Å². The van der Waals surface area contributed by atoms with E-state index in [0.29, 0.717) is 0 Å². The van der Waals surface area contributed by atoms with Gasteiger partial charge in [0.15, 0.2) is 5.38 Å². The van der Waals surface area contributed by atoms with Crippen LogP contribution < -0.4 is 0 Å². The Morgan fingerprint density at radius 2 is 1.53 bits per heavy atom. The summed E-state index contributed by atoms with van der Waals surface area (Å²) in [6, 6.07) is 0. The maximum Gasteiger partial charge on any atom is 0.331 e. The van der Waals surface area contributed by atoms with Gasteiger partial charge in [0.25, 0.3) is 0 Å². The van der Waals surface area contributed by atoms with E-state index in [1.165, 1.54) is 0 Å². The van der Waals surface area contributed by atoms with E-state index in [1.54, 1.807) is 0 Å². The molecule has 0 N–H and O–H groups in total. The van der Waals surface area contributed by atoms with E-state index < -0.39 is 17.3 Å². The van der Waals surface area contributed by atoms with Gasteiger partial charge in [0.1, 0.15) is 0 Å². The van der Waals surface area contributed by atoms with Gasteiger partial charge in [0, 0.05) is 6.08 Å². The second-order valence-corrected chi connectivity index (χ2v) is 5.81. The number of hydrogen-bond donors (Lipinski definition) is 0. The molecule has 0 aliphatic carbocycles. The van der Waals surface area contributed by atoms with Crippen LogP contribution in [0.3, 0.4) is 0 Å². The number of esters is 2. The average molecular weight is 311 g/mol. The second-order valence-electron chi connectivity index (χ2n) is 4.94. The van der Waals surface area contributed by atoms with Crippen LogP contribution in [0.25, 0.3) is 0 Å². The summed E-state index contributed by atoms with van der Waals surface area (Å²) in [6.07, 6.45) is 0.998. The Morgan fingerprint density at radius 3 is 2.00 bits per heavy atom. The predicted molar refractivity (Wildman–Crippen MR) is 75.2 cm³/mol. The fourth-order valence-corrected chi connectivity index (χ4v) is 1.21. The maximum atomic E-state index is 11.5. The first kappa shape index (κ1) is 18.3. The van der Waals surface area contributed by atoms with E-state index in [9.17, 15) is 9.59 Å². The van der Waals surface area contributed by atoms with Crippen molar-refractivity contribution in [1.82, 2.24) is 0 Å². The van der Waals surface area contributed by atoms with Gasteiger partial charge in [-0.15, -0.1) is 11.6 Å². The highest BCUT2D eigenvalue weighted by atomic mass is 35.5. The number of hydrogen-bond acceptors (Lipinski definition) is 4. The van der Waals surface area contributed by atoms with Crippen molar-refractivity contribution in [1.29, 1.82) is 0 Å². The first-order valence-corrected chi connectivity index (χ1v) is 6.90. The highest BCUT2D eigenvalue weighted by molar-refractivity contribution is 6.43. The van der Waals surface area contributed by atoms with Crippen molar-refractivity contribution in [2.75, 3.05) is 13.2 Å². The quantitative estimate of drug-likeness (QED) is 0.412. The smallest absolute Gasteiger partial charge is 0.331 e. The molecule has 0 heterocycles. The Hall–Kier alpha value is -0.740. The number of halogens is 2. The minimum absolute atomic E-state index is 0.107. The molecule has 0 aromatic heterocycles. The van der Waals surface area contributed by atoms with Gasteiger partial charge in [-0.25, -0.2) is 4.79 Å². The van der Waals surface area contributed by atoms with Crippen molar-refractivity contribution >= 4 is 35.1 Å². The van der Waals surface area contributed by atoms with Crippen molar-refractivity contribution in [3.05, 3.63) is 11.1 Å². The van der Waals surface area contributed by atoms with E-state index in [4.69, 9.17) is 32.7 Å². The summed E-state index contributed by atoms with van der Waals surface area (Å²) in [5.41, 5.74) is 0. The van der Waals surface area contributed by atoms with Crippen LogP contribution in [0, 0.1) is 11.8 Å². The van der Waals surface area contributed by atoms with Gasteiger partial charge >= 0.3 is 11.9 Å². The van der Waals surface area contributed by atoms with Crippen molar-refractivity contribution in [2.45, 2.75) is 33.1 Å². The first-order valence-electron chi connectivity index (χ1n) is 6.08. The number of carbonyl (C=O) groups excluding carboxylic acids is 2. The lowest BCUT2D eigenvalue weighted by molar-refractivity contribution is -0.143. The third-order valence-electron chi connectivity index (χ3n) is 1.82. The van der Waals surface area contributed by atoms with Crippen LogP contribution in [0.2, 0.25) is 0 Å². The molecular weight excluding hydrogens is 291 g/mol. The van der Waals surface area contributed by atoms with Gasteiger partial charge in [0.2, 0.25) is 0 Å². The lowest BCUT2D eigenvalue weighted by Gasteiger charge is -2.11. The van der Waals surface area contributed by atoms with E-state index in [0.717, 1.165) is 6.08 Å². The van der Waals surface area contributed by atoms with Crippen LogP contribution in [0.1, 0.15) is 27.7 Å². The maximum absolute atomic E-state index is 11.5. The van der Waals surface area contributed by atoms with Crippen LogP contribution in [0.4, 0.5) is 0 Å². The van der Waals surface area contributed by atoms with Crippen LogP contribution in [0.5, 0.6) is 0 Å². The fraction of sp³-hybridized carbons (Fsp3) is 0.692. The molecule has 0 fully saturated rings. The SMILES string of the molecule is CC(C)COC(=O)/C=C(\Cl)C(Cl)C(=O)OCC(C)C. The second kappa shape index (κ2) is 9.21. The standard InChI is InChI=1S/C13H20Cl2O4/c1-8(2)6-18-11(16)5-10(14)12(15)13(17)19-7-9(3)4/h5,8-9,12H,6-7H2,1-4H3/b10-5-. The largest absolute Gasteiger partial charge is 0.464 e. The van der Waals surface area contributed by atoms with Gasteiger partial charge in [-0.3, -0.25) is 4.79 Å². The molecule has 0 spiro atoms. The summed E-state index contributed by atoms with van der Waals surface area (Å²) in [5.74, 6) is -0.875. The predicted octanol–water partition coefficient (Wildman–Crippen LogP) is 3.11. The van der Waals surface area contributed by atoms with Crippen molar-refractivity contribution < 1.29 is 19.1 Å². The van der Waals surface area contributed by atoms with E-state index in [2.05, 4.69) is 0 Å². The van der Waals surface area contributed by atoms with Crippen LogP contribution >= 0.6 is 23.2 Å². The lowest BCUT2D eigenvalue weighted by Crippen LogP contribution is -2.21. The molecule has 6 heteroatoms. The molecule has 1 unspecified atom stereocenters. The molecule has 0 aliphatic rings. The Bertz CT molecular complexity index is 338. The minimum atomic E-state index is -1.19. The van der Waals surface area contributed by atoms with Gasteiger partial charge in [-0.2, -0.15) is 0 Å². The van der Waals surface area contributed by atoms with Gasteiger partial charge in [-0.1, -0.05) is 39.3 Å². The highest BCUT2D eigenvalue weighted by Crippen LogP contribution is 2.17. The molecule has 0 radical (unpaired) electrons. The molecule has 0 rings (SSSR count). The topological polar surface area (TPSA) is 52.6 Å². The molecular formula is C13H20Cl2O4. The van der Waals surface area contributed by atoms with Crippen molar-refractivity contribution in [2.24, 2.45) is 11.8 Å². The van der Waals surface area contributed by atoms with Gasteiger partial charge in [0.05, 0.1) is 18.2 Å². The summed E-state index contributed by atoms with van der Waals surface area (Å²) in [5, 5.41) is -1.30. The zero-order chi connectivity index (χ0) is 15.0. The van der Waals surface area contributed by atoms with E-state index in [1.807, 2.05) is 27.7 Å². The highest BCUT2D eigenvalue weighted by Gasteiger charge is 2.22. The Balaban J connectivity index is 4.33. The molecule has 0 aromatic carbocycles. The molecule has 0 bridgehead atoms. The summed E-state index contributed by atoms with van der Waals surface area (Å²) >= 11 is 11.6. The zero-order valence-corrected chi connectivity index (χ0v) is 13.1. The number of ether oxygens (including phenoxy) is 2. The lowest BCUT2D eigenvalue weighted by atomic mass is 10.2. The zero-order valence-electron chi connectivity index (χ0n) is 11.6. The number of rotatable bonds is 7. The van der Waals surface area contributed by atoms with E-state index >= 15 is 0 Å². The number of alkyl halides is 1. The summed E-state index contributed by atoms with van der Waals surface area (Å²) in [4.78, 5) is 22.9. The van der Waals surface area contributed by atoms with Crippen LogP contribution in [0.15, 0.2) is 11.1 Å². The van der Waals surface area contributed by atoms with Gasteiger partial charge < -0.3 is 9.47 Å². The molecule has 110 valence electrons. The third-order valence-corrected chi connectivity index (χ3v) is 2.67. The fourth-order valence-electron chi connectivity index (χ4n) is 0.911. The molecule has 0 amide bonds. The normalized spacial score (nSPS) is 13.6. The van der Waals surface area contributed by atoms with Crippen molar-refractivity contribution in [3.63, 3.8) is 0 Å². The van der Waals surface area contributed by atoms with Crippen molar-refractivity contribution in [3.8, 4) is 0 Å². The summed E-state index contributed by atoms with van der Waals surface area (Å²) in [7, 11) is 0. The molecule has 0 saturated carbocycles. The van der Waals surface area contributed by atoms with Crippen LogP contribution in [-0.4, -0.2) is 30.5 Å². The molecule has 0 aromatic rings. The number of carbonyl (C=O) groups is 2.